The number of carbonyl (C=O) groups is 2. The molecule has 148 valence electrons. The van der Waals surface area contributed by atoms with Crippen molar-refractivity contribution in [2.24, 2.45) is 0 Å². The highest BCUT2D eigenvalue weighted by molar-refractivity contribution is 8.00. The molecule has 0 aromatic heterocycles. The molecule has 1 heterocycles. The normalized spacial score (nSPS) is 15.5. The van der Waals surface area contributed by atoms with Crippen LogP contribution >= 0.6 is 11.8 Å². The van der Waals surface area contributed by atoms with Crippen LogP contribution in [0.3, 0.4) is 0 Å². The molecule has 0 radical (unpaired) electrons. The molecule has 1 saturated heterocycles. The van der Waals surface area contributed by atoms with Gasteiger partial charge < -0.3 is 20.1 Å². The molecule has 6 nitrogen and oxygen atoms in total. The van der Waals surface area contributed by atoms with Gasteiger partial charge in [0.1, 0.15) is 5.75 Å². The van der Waals surface area contributed by atoms with Crippen LogP contribution in [0.15, 0.2) is 59.5 Å². The van der Waals surface area contributed by atoms with E-state index in [0.717, 1.165) is 17.7 Å². The lowest BCUT2D eigenvalue weighted by molar-refractivity contribution is -0.136. The van der Waals surface area contributed by atoms with Gasteiger partial charge >= 0.3 is 11.8 Å². The Hall–Kier alpha value is -2.51. The Bertz CT molecular complexity index is 790. The predicted molar refractivity (Wildman–Crippen MR) is 110 cm³/mol. The van der Waals surface area contributed by atoms with Crippen LogP contribution in [0, 0.1) is 0 Å². The maximum atomic E-state index is 12.3. The number of anilines is 1. The zero-order valence-corrected chi connectivity index (χ0v) is 16.6. The Labute approximate surface area is 169 Å². The Balaban J connectivity index is 1.58. The summed E-state index contributed by atoms with van der Waals surface area (Å²) in [5.74, 6) is -0.644. The van der Waals surface area contributed by atoms with Crippen molar-refractivity contribution in [1.82, 2.24) is 5.32 Å². The van der Waals surface area contributed by atoms with Crippen LogP contribution in [0.5, 0.6) is 5.75 Å². The van der Waals surface area contributed by atoms with E-state index < -0.39 is 11.8 Å². The van der Waals surface area contributed by atoms with E-state index >= 15 is 0 Å². The van der Waals surface area contributed by atoms with Gasteiger partial charge in [-0.1, -0.05) is 18.2 Å². The first-order valence-corrected chi connectivity index (χ1v) is 9.97. The molecular weight excluding hydrogens is 376 g/mol. The van der Waals surface area contributed by atoms with Crippen molar-refractivity contribution >= 4 is 29.3 Å². The highest BCUT2D eigenvalue weighted by Gasteiger charge is 2.34. The highest BCUT2D eigenvalue weighted by atomic mass is 32.2. The Kier molecular flexibility index (Phi) is 6.95. The van der Waals surface area contributed by atoms with Crippen molar-refractivity contribution in [2.45, 2.75) is 22.5 Å². The molecule has 28 heavy (non-hydrogen) atoms. The zero-order chi connectivity index (χ0) is 19.8. The maximum absolute atomic E-state index is 12.3. The lowest BCUT2D eigenvalue weighted by atomic mass is 9.99. The molecule has 0 atom stereocenters. The van der Waals surface area contributed by atoms with Gasteiger partial charge in [0.25, 0.3) is 0 Å². The van der Waals surface area contributed by atoms with E-state index in [1.54, 1.807) is 43.1 Å². The fraction of sp³-hybridized carbons (Fsp3) is 0.333. The minimum absolute atomic E-state index is 0.185. The van der Waals surface area contributed by atoms with Crippen molar-refractivity contribution in [3.05, 3.63) is 54.6 Å². The highest BCUT2D eigenvalue weighted by Crippen LogP contribution is 2.40. The number of hydrogen-bond acceptors (Lipinski definition) is 5. The molecule has 0 aliphatic carbocycles. The average Bonchev–Trinajstić information content (AvgIpc) is 2.74. The number of ether oxygens (including phenoxy) is 2. The third kappa shape index (κ3) is 5.50. The van der Waals surface area contributed by atoms with Gasteiger partial charge in [-0.05, 0) is 49.2 Å². The van der Waals surface area contributed by atoms with Crippen LogP contribution in [0.1, 0.15) is 12.8 Å². The summed E-state index contributed by atoms with van der Waals surface area (Å²) in [6.07, 6.45) is 1.62. The van der Waals surface area contributed by atoms with Crippen LogP contribution in [0.2, 0.25) is 0 Å². The van der Waals surface area contributed by atoms with Crippen LogP contribution < -0.4 is 15.4 Å². The van der Waals surface area contributed by atoms with Gasteiger partial charge in [-0.2, -0.15) is 0 Å². The molecule has 0 bridgehead atoms. The average molecular weight is 401 g/mol. The molecule has 1 aliphatic heterocycles. The second-order valence-corrected chi connectivity index (χ2v) is 8.12. The molecule has 2 aromatic carbocycles. The van der Waals surface area contributed by atoms with E-state index in [-0.39, 0.29) is 4.75 Å². The summed E-state index contributed by atoms with van der Waals surface area (Å²) >= 11 is 1.73. The van der Waals surface area contributed by atoms with E-state index in [9.17, 15) is 9.59 Å². The molecule has 0 saturated carbocycles. The van der Waals surface area contributed by atoms with Gasteiger partial charge in [0.15, 0.2) is 0 Å². The van der Waals surface area contributed by atoms with E-state index in [1.807, 2.05) is 18.2 Å². The number of thioether (sulfide) groups is 1. The SMILES string of the molecule is COc1ccc(NC(=O)C(=O)NCC2(Sc3ccccc3)CCOCC2)cc1. The first kappa shape index (κ1) is 20.2. The molecule has 2 aromatic rings. The van der Waals surface area contributed by atoms with Crippen molar-refractivity contribution < 1.29 is 19.1 Å². The summed E-state index contributed by atoms with van der Waals surface area (Å²) in [6.45, 7) is 1.70. The van der Waals surface area contributed by atoms with E-state index in [1.165, 1.54) is 0 Å². The lowest BCUT2D eigenvalue weighted by Crippen LogP contribution is -2.47. The number of benzene rings is 2. The van der Waals surface area contributed by atoms with Gasteiger partial charge in [-0.25, -0.2) is 0 Å². The van der Waals surface area contributed by atoms with Gasteiger partial charge in [-0.3, -0.25) is 9.59 Å². The number of amides is 2. The Morgan fingerprint density at radius 1 is 1.04 bits per heavy atom. The third-order valence-corrected chi connectivity index (χ3v) is 6.10. The first-order chi connectivity index (χ1) is 13.6. The summed E-state index contributed by atoms with van der Waals surface area (Å²) in [4.78, 5) is 25.7. The molecule has 1 fully saturated rings. The monoisotopic (exact) mass is 400 g/mol. The molecule has 0 unspecified atom stereocenters. The molecule has 2 N–H and O–H groups in total. The lowest BCUT2D eigenvalue weighted by Gasteiger charge is -2.36. The molecular formula is C21H24N2O4S. The largest absolute Gasteiger partial charge is 0.497 e. The summed E-state index contributed by atoms with van der Waals surface area (Å²) in [6, 6.07) is 16.9. The molecule has 1 aliphatic rings. The Morgan fingerprint density at radius 2 is 1.71 bits per heavy atom. The smallest absolute Gasteiger partial charge is 0.313 e. The van der Waals surface area contributed by atoms with E-state index in [2.05, 4.69) is 22.8 Å². The van der Waals surface area contributed by atoms with Crippen LogP contribution in [-0.2, 0) is 14.3 Å². The minimum atomic E-state index is -0.683. The number of methoxy groups -OCH3 is 1. The van der Waals surface area contributed by atoms with E-state index in [4.69, 9.17) is 9.47 Å². The van der Waals surface area contributed by atoms with Gasteiger partial charge in [0.05, 0.1) is 7.11 Å². The predicted octanol–water partition coefficient (Wildman–Crippen LogP) is 3.09. The second-order valence-electron chi connectivity index (χ2n) is 6.58. The third-order valence-electron chi connectivity index (χ3n) is 4.61. The Morgan fingerprint density at radius 3 is 2.36 bits per heavy atom. The van der Waals surface area contributed by atoms with Crippen LogP contribution in [0.25, 0.3) is 0 Å². The summed E-state index contributed by atoms with van der Waals surface area (Å²) in [5.41, 5.74) is 0.542. The summed E-state index contributed by atoms with van der Waals surface area (Å²) in [7, 11) is 1.57. The summed E-state index contributed by atoms with van der Waals surface area (Å²) in [5, 5.41) is 5.41. The van der Waals surface area contributed by atoms with Crippen LogP contribution in [0.4, 0.5) is 5.69 Å². The van der Waals surface area contributed by atoms with Gasteiger partial charge in [0.2, 0.25) is 0 Å². The molecule has 2 amide bonds. The summed E-state index contributed by atoms with van der Waals surface area (Å²) < 4.78 is 10.4. The van der Waals surface area contributed by atoms with Gasteiger partial charge in [-0.15, -0.1) is 11.8 Å². The molecule has 3 rings (SSSR count). The van der Waals surface area contributed by atoms with Crippen molar-refractivity contribution in [3.8, 4) is 5.75 Å². The fourth-order valence-electron chi connectivity index (χ4n) is 2.98. The van der Waals surface area contributed by atoms with Gasteiger partial charge in [0, 0.05) is 35.1 Å². The van der Waals surface area contributed by atoms with Crippen LogP contribution in [-0.4, -0.2) is 43.4 Å². The van der Waals surface area contributed by atoms with Crippen molar-refractivity contribution in [2.75, 3.05) is 32.2 Å². The fourth-order valence-corrected chi connectivity index (χ4v) is 4.29. The maximum Gasteiger partial charge on any atom is 0.313 e. The number of carbonyl (C=O) groups excluding carboxylic acids is 2. The number of hydrogen-bond donors (Lipinski definition) is 2. The number of nitrogens with one attached hydrogen (secondary N) is 2. The second kappa shape index (κ2) is 9.61. The first-order valence-electron chi connectivity index (χ1n) is 9.15. The number of rotatable bonds is 6. The van der Waals surface area contributed by atoms with E-state index in [0.29, 0.717) is 31.2 Å². The topological polar surface area (TPSA) is 76.7 Å². The van der Waals surface area contributed by atoms with Crippen molar-refractivity contribution in [1.29, 1.82) is 0 Å². The standard InChI is InChI=1S/C21H24N2O4S/c1-26-17-9-7-16(8-10-17)23-20(25)19(24)22-15-21(11-13-27-14-12-21)28-18-5-3-2-4-6-18/h2-10H,11-15H2,1H3,(H,22,24)(H,23,25). The quantitative estimate of drug-likeness (QED) is 0.729. The minimum Gasteiger partial charge on any atom is -0.497 e. The van der Waals surface area contributed by atoms with Crippen molar-refractivity contribution in [3.63, 3.8) is 0 Å². The molecule has 7 heteroatoms. The molecule has 0 spiro atoms. The zero-order valence-electron chi connectivity index (χ0n) is 15.8.